The van der Waals surface area contributed by atoms with Gasteiger partial charge in [0.1, 0.15) is 0 Å². The molecule has 0 bridgehead atoms. The van der Waals surface area contributed by atoms with Crippen LogP contribution in [0.25, 0.3) is 0 Å². The molecule has 1 aliphatic heterocycles. The molecule has 1 amide bonds. The van der Waals surface area contributed by atoms with Gasteiger partial charge >= 0.3 is 0 Å². The van der Waals surface area contributed by atoms with Crippen LogP contribution in [-0.2, 0) is 19.4 Å². The SMILES string of the molecule is O=C(CCS(=O)(=O)c1ccc(Cl)cc1)N1CCOCC1. The molecule has 110 valence electrons. The number of amides is 1. The summed E-state index contributed by atoms with van der Waals surface area (Å²) in [5, 5.41) is 0.480. The summed E-state index contributed by atoms with van der Waals surface area (Å²) >= 11 is 5.72. The van der Waals surface area contributed by atoms with Crippen molar-refractivity contribution < 1.29 is 17.9 Å². The van der Waals surface area contributed by atoms with Gasteiger partial charge in [-0.15, -0.1) is 0 Å². The lowest BCUT2D eigenvalue weighted by Gasteiger charge is -2.26. The summed E-state index contributed by atoms with van der Waals surface area (Å²) in [7, 11) is -3.45. The molecule has 0 atom stereocenters. The highest BCUT2D eigenvalue weighted by Crippen LogP contribution is 2.16. The second kappa shape index (κ2) is 6.56. The first kappa shape index (κ1) is 15.3. The van der Waals surface area contributed by atoms with E-state index in [-0.39, 0.29) is 23.0 Å². The Labute approximate surface area is 123 Å². The molecule has 0 spiro atoms. The Hall–Kier alpha value is -1.11. The standard InChI is InChI=1S/C13H16ClNO4S/c14-11-1-3-12(4-2-11)20(17,18)10-5-13(16)15-6-8-19-9-7-15/h1-4H,5-10H2. The zero-order valence-electron chi connectivity index (χ0n) is 10.9. The fraction of sp³-hybridized carbons (Fsp3) is 0.462. The predicted octanol–water partition coefficient (Wildman–Crippen LogP) is 1.36. The van der Waals surface area contributed by atoms with E-state index in [2.05, 4.69) is 0 Å². The van der Waals surface area contributed by atoms with Crippen LogP contribution >= 0.6 is 11.6 Å². The number of rotatable bonds is 4. The van der Waals surface area contributed by atoms with Gasteiger partial charge in [0.15, 0.2) is 9.84 Å². The number of carbonyl (C=O) groups is 1. The molecular weight excluding hydrogens is 302 g/mol. The van der Waals surface area contributed by atoms with E-state index in [0.29, 0.717) is 31.3 Å². The highest BCUT2D eigenvalue weighted by atomic mass is 35.5. The number of hydrogen-bond acceptors (Lipinski definition) is 4. The van der Waals surface area contributed by atoms with Gasteiger partial charge in [-0.25, -0.2) is 8.42 Å². The second-order valence-electron chi connectivity index (χ2n) is 4.52. The van der Waals surface area contributed by atoms with Gasteiger partial charge in [0.2, 0.25) is 5.91 Å². The van der Waals surface area contributed by atoms with Gasteiger partial charge in [0, 0.05) is 24.5 Å². The number of carbonyl (C=O) groups excluding carboxylic acids is 1. The molecule has 5 nitrogen and oxygen atoms in total. The number of halogens is 1. The van der Waals surface area contributed by atoms with Crippen LogP contribution in [0.5, 0.6) is 0 Å². The van der Waals surface area contributed by atoms with Gasteiger partial charge in [-0.3, -0.25) is 4.79 Å². The molecule has 2 rings (SSSR count). The van der Waals surface area contributed by atoms with Crippen LogP contribution in [0.4, 0.5) is 0 Å². The van der Waals surface area contributed by atoms with Crippen LogP contribution in [0.3, 0.4) is 0 Å². The minimum atomic E-state index is -3.45. The largest absolute Gasteiger partial charge is 0.378 e. The lowest BCUT2D eigenvalue weighted by atomic mass is 10.3. The van der Waals surface area contributed by atoms with Crippen molar-refractivity contribution in [3.05, 3.63) is 29.3 Å². The van der Waals surface area contributed by atoms with E-state index >= 15 is 0 Å². The molecule has 0 aromatic heterocycles. The highest BCUT2D eigenvalue weighted by molar-refractivity contribution is 7.91. The maximum absolute atomic E-state index is 12.1. The Morgan fingerprint density at radius 1 is 1.20 bits per heavy atom. The molecule has 1 aromatic rings. The third-order valence-electron chi connectivity index (χ3n) is 3.12. The number of nitrogens with zero attached hydrogens (tertiary/aromatic N) is 1. The lowest BCUT2D eigenvalue weighted by molar-refractivity contribution is -0.134. The zero-order chi connectivity index (χ0) is 14.6. The van der Waals surface area contributed by atoms with E-state index in [1.54, 1.807) is 4.90 Å². The summed E-state index contributed by atoms with van der Waals surface area (Å²) < 4.78 is 29.3. The fourth-order valence-corrected chi connectivity index (χ4v) is 3.31. The molecule has 1 heterocycles. The number of sulfone groups is 1. The van der Waals surface area contributed by atoms with Crippen LogP contribution in [0.2, 0.25) is 5.02 Å². The lowest BCUT2D eigenvalue weighted by Crippen LogP contribution is -2.41. The Morgan fingerprint density at radius 3 is 2.40 bits per heavy atom. The third kappa shape index (κ3) is 3.94. The average molecular weight is 318 g/mol. The van der Waals surface area contributed by atoms with Crippen molar-refractivity contribution in [2.24, 2.45) is 0 Å². The molecule has 1 saturated heterocycles. The summed E-state index contributed by atoms with van der Waals surface area (Å²) in [5.74, 6) is -0.337. The predicted molar refractivity (Wildman–Crippen MR) is 75.5 cm³/mol. The first-order valence-electron chi connectivity index (χ1n) is 6.33. The summed E-state index contributed by atoms with van der Waals surface area (Å²) in [4.78, 5) is 13.7. The van der Waals surface area contributed by atoms with Crippen LogP contribution < -0.4 is 0 Å². The molecule has 0 unspecified atom stereocenters. The summed E-state index contributed by atoms with van der Waals surface area (Å²) in [6, 6.07) is 5.96. The molecule has 7 heteroatoms. The van der Waals surface area contributed by atoms with Crippen molar-refractivity contribution in [3.8, 4) is 0 Å². The van der Waals surface area contributed by atoms with Gasteiger partial charge in [-0.1, -0.05) is 11.6 Å². The average Bonchev–Trinajstić information content (AvgIpc) is 2.46. The van der Waals surface area contributed by atoms with E-state index < -0.39 is 9.84 Å². The van der Waals surface area contributed by atoms with Crippen molar-refractivity contribution in [1.82, 2.24) is 4.90 Å². The van der Waals surface area contributed by atoms with Crippen LogP contribution in [0.15, 0.2) is 29.2 Å². The van der Waals surface area contributed by atoms with Crippen molar-refractivity contribution in [1.29, 1.82) is 0 Å². The maximum Gasteiger partial charge on any atom is 0.223 e. The minimum Gasteiger partial charge on any atom is -0.378 e. The number of ether oxygens (including phenoxy) is 1. The molecule has 0 aliphatic carbocycles. The third-order valence-corrected chi connectivity index (χ3v) is 5.11. The summed E-state index contributed by atoms with van der Waals surface area (Å²) in [5.41, 5.74) is 0. The fourth-order valence-electron chi connectivity index (χ4n) is 1.95. The van der Waals surface area contributed by atoms with Gasteiger partial charge < -0.3 is 9.64 Å². The zero-order valence-corrected chi connectivity index (χ0v) is 12.5. The van der Waals surface area contributed by atoms with E-state index in [1.165, 1.54) is 24.3 Å². The quantitative estimate of drug-likeness (QED) is 0.841. The molecule has 0 radical (unpaired) electrons. The van der Waals surface area contributed by atoms with Crippen molar-refractivity contribution >= 4 is 27.3 Å². The monoisotopic (exact) mass is 317 g/mol. The van der Waals surface area contributed by atoms with Crippen LogP contribution in [0, 0.1) is 0 Å². The van der Waals surface area contributed by atoms with Crippen molar-refractivity contribution in [3.63, 3.8) is 0 Å². The highest BCUT2D eigenvalue weighted by Gasteiger charge is 2.21. The molecule has 0 saturated carbocycles. The van der Waals surface area contributed by atoms with Gasteiger partial charge in [-0.2, -0.15) is 0 Å². The van der Waals surface area contributed by atoms with Gasteiger partial charge in [0.25, 0.3) is 0 Å². The van der Waals surface area contributed by atoms with Crippen molar-refractivity contribution in [2.75, 3.05) is 32.1 Å². The molecule has 1 aliphatic rings. The normalized spacial score (nSPS) is 16.1. The molecule has 0 N–H and O–H groups in total. The van der Waals surface area contributed by atoms with E-state index in [9.17, 15) is 13.2 Å². The van der Waals surface area contributed by atoms with Gasteiger partial charge in [0.05, 0.1) is 23.9 Å². The first-order valence-corrected chi connectivity index (χ1v) is 8.36. The smallest absolute Gasteiger partial charge is 0.223 e. The van der Waals surface area contributed by atoms with E-state index in [1.807, 2.05) is 0 Å². The summed E-state index contributed by atoms with van der Waals surface area (Å²) in [6.07, 6.45) is -0.00897. The molecular formula is C13H16ClNO4S. The minimum absolute atomic E-state index is 0.00897. The Bertz CT molecular complexity index is 565. The number of benzene rings is 1. The Balaban J connectivity index is 1.95. The van der Waals surface area contributed by atoms with Crippen LogP contribution in [0.1, 0.15) is 6.42 Å². The number of morpholine rings is 1. The summed E-state index contributed by atoms with van der Waals surface area (Å²) in [6.45, 7) is 2.07. The van der Waals surface area contributed by atoms with E-state index in [0.717, 1.165) is 0 Å². The number of hydrogen-bond donors (Lipinski definition) is 0. The second-order valence-corrected chi connectivity index (χ2v) is 7.06. The Kier molecular flexibility index (Phi) is 5.01. The molecule has 1 fully saturated rings. The van der Waals surface area contributed by atoms with Crippen molar-refractivity contribution in [2.45, 2.75) is 11.3 Å². The van der Waals surface area contributed by atoms with Gasteiger partial charge in [-0.05, 0) is 24.3 Å². The van der Waals surface area contributed by atoms with Crippen LogP contribution in [-0.4, -0.2) is 51.3 Å². The first-order chi connectivity index (χ1) is 9.49. The maximum atomic E-state index is 12.1. The Morgan fingerprint density at radius 2 is 1.80 bits per heavy atom. The van der Waals surface area contributed by atoms with E-state index in [4.69, 9.17) is 16.3 Å². The molecule has 20 heavy (non-hydrogen) atoms. The molecule has 1 aromatic carbocycles. The topological polar surface area (TPSA) is 63.7 Å².